The quantitative estimate of drug-likeness (QED) is 0.700. The maximum atomic E-state index is 13.3. The summed E-state index contributed by atoms with van der Waals surface area (Å²) in [4.78, 5) is 19.0. The van der Waals surface area contributed by atoms with Crippen LogP contribution < -0.4 is 5.69 Å². The molecule has 6 nitrogen and oxygen atoms in total. The molecule has 8 heteroatoms. The van der Waals surface area contributed by atoms with Gasteiger partial charge < -0.3 is 4.74 Å². The van der Waals surface area contributed by atoms with E-state index >= 15 is 0 Å². The van der Waals surface area contributed by atoms with Crippen LogP contribution in [0.1, 0.15) is 31.1 Å². The fraction of sp³-hybridized carbons (Fsp3) is 0.312. The molecule has 1 N–H and O–H groups in total. The van der Waals surface area contributed by atoms with Crippen molar-refractivity contribution < 1.29 is 9.13 Å². The molecule has 1 saturated heterocycles. The third-order valence-electron chi connectivity index (χ3n) is 4.13. The Balaban J connectivity index is 1.99. The van der Waals surface area contributed by atoms with Gasteiger partial charge in [-0.2, -0.15) is 9.61 Å². The van der Waals surface area contributed by atoms with Gasteiger partial charge in [-0.1, -0.05) is 12.1 Å². The van der Waals surface area contributed by atoms with Crippen LogP contribution in [0.25, 0.3) is 16.8 Å². The molecule has 0 radical (unpaired) electrons. The Morgan fingerprint density at radius 2 is 2.08 bits per heavy atom. The molecular formula is C16H15FN4O2S. The number of benzene rings is 1. The van der Waals surface area contributed by atoms with Crippen molar-refractivity contribution in [1.82, 2.24) is 19.6 Å². The smallest absolute Gasteiger partial charge is 0.350 e. The first-order valence-corrected chi connectivity index (χ1v) is 8.17. The van der Waals surface area contributed by atoms with E-state index in [1.54, 1.807) is 12.1 Å². The zero-order valence-corrected chi connectivity index (χ0v) is 13.6. The monoisotopic (exact) mass is 346 g/mol. The van der Waals surface area contributed by atoms with E-state index in [1.165, 1.54) is 16.6 Å². The lowest BCUT2D eigenvalue weighted by atomic mass is 9.99. The van der Waals surface area contributed by atoms with Crippen LogP contribution in [0, 0.1) is 5.82 Å². The van der Waals surface area contributed by atoms with E-state index in [0.29, 0.717) is 23.5 Å². The van der Waals surface area contributed by atoms with Crippen LogP contribution in [0.2, 0.25) is 0 Å². The van der Waals surface area contributed by atoms with Crippen LogP contribution >= 0.6 is 12.6 Å². The Bertz CT molecular complexity index is 945. The third-order valence-corrected chi connectivity index (χ3v) is 4.34. The van der Waals surface area contributed by atoms with E-state index in [2.05, 4.69) is 27.7 Å². The fourth-order valence-corrected chi connectivity index (χ4v) is 3.21. The number of nitrogens with zero attached hydrogens (tertiary/aromatic N) is 3. The van der Waals surface area contributed by atoms with Gasteiger partial charge in [-0.25, -0.2) is 14.2 Å². The SMILES string of the molecule is O=c1[nH]c(S)nc2c(-c3ccc(F)cc3)c(C3CCCCO3)nn12. The summed E-state index contributed by atoms with van der Waals surface area (Å²) in [5, 5.41) is 4.63. The van der Waals surface area contributed by atoms with Gasteiger partial charge in [-0.15, -0.1) is 12.6 Å². The van der Waals surface area contributed by atoms with Crippen LogP contribution in [-0.2, 0) is 4.74 Å². The number of thiol groups is 1. The zero-order chi connectivity index (χ0) is 16.7. The highest BCUT2D eigenvalue weighted by atomic mass is 32.1. The number of aromatic amines is 1. The number of nitrogens with one attached hydrogen (secondary N) is 1. The number of hydrogen-bond donors (Lipinski definition) is 2. The molecule has 2 aromatic heterocycles. The molecule has 0 bridgehead atoms. The number of aromatic nitrogens is 4. The largest absolute Gasteiger partial charge is 0.372 e. The van der Waals surface area contributed by atoms with Crippen LogP contribution in [0.4, 0.5) is 4.39 Å². The lowest BCUT2D eigenvalue weighted by Crippen LogP contribution is -2.19. The summed E-state index contributed by atoms with van der Waals surface area (Å²) in [7, 11) is 0. The second kappa shape index (κ2) is 6.03. The van der Waals surface area contributed by atoms with Crippen LogP contribution in [0.5, 0.6) is 0 Å². The van der Waals surface area contributed by atoms with Gasteiger partial charge in [0.1, 0.15) is 17.6 Å². The Morgan fingerprint density at radius 1 is 1.29 bits per heavy atom. The van der Waals surface area contributed by atoms with E-state index in [1.807, 2.05) is 0 Å². The molecule has 4 rings (SSSR count). The lowest BCUT2D eigenvalue weighted by molar-refractivity contribution is 0.0125. The first kappa shape index (κ1) is 15.3. The number of hydrogen-bond acceptors (Lipinski definition) is 5. The van der Waals surface area contributed by atoms with Crippen molar-refractivity contribution >= 4 is 18.3 Å². The van der Waals surface area contributed by atoms with Crippen molar-refractivity contribution in [3.63, 3.8) is 0 Å². The molecule has 3 aromatic rings. The minimum Gasteiger partial charge on any atom is -0.372 e. The van der Waals surface area contributed by atoms with E-state index in [4.69, 9.17) is 4.74 Å². The highest BCUT2D eigenvalue weighted by Gasteiger charge is 2.26. The average molecular weight is 346 g/mol. The first-order valence-electron chi connectivity index (χ1n) is 7.73. The van der Waals surface area contributed by atoms with E-state index in [0.717, 1.165) is 24.8 Å². The molecule has 3 heterocycles. The molecule has 1 unspecified atom stereocenters. The van der Waals surface area contributed by atoms with Gasteiger partial charge in [-0.05, 0) is 37.0 Å². The van der Waals surface area contributed by atoms with Crippen molar-refractivity contribution in [3.8, 4) is 11.1 Å². The first-order chi connectivity index (χ1) is 11.6. The molecule has 0 amide bonds. The summed E-state index contributed by atoms with van der Waals surface area (Å²) < 4.78 is 20.4. The molecule has 0 aliphatic carbocycles. The van der Waals surface area contributed by atoms with Crippen LogP contribution in [0.15, 0.2) is 34.2 Å². The molecule has 1 aromatic carbocycles. The number of rotatable bonds is 2. The van der Waals surface area contributed by atoms with E-state index < -0.39 is 5.69 Å². The molecule has 0 saturated carbocycles. The summed E-state index contributed by atoms with van der Waals surface area (Å²) in [6, 6.07) is 6.05. The molecule has 24 heavy (non-hydrogen) atoms. The van der Waals surface area contributed by atoms with Crippen LogP contribution in [0.3, 0.4) is 0 Å². The minimum absolute atomic E-state index is 0.201. The van der Waals surface area contributed by atoms with Crippen molar-refractivity contribution in [3.05, 3.63) is 46.3 Å². The molecule has 124 valence electrons. The lowest BCUT2D eigenvalue weighted by Gasteiger charge is -2.21. The van der Waals surface area contributed by atoms with Crippen molar-refractivity contribution in [2.45, 2.75) is 30.5 Å². The molecule has 1 atom stereocenters. The highest BCUT2D eigenvalue weighted by molar-refractivity contribution is 7.80. The molecule has 1 aliphatic rings. The Kier molecular flexibility index (Phi) is 3.85. The second-order valence-electron chi connectivity index (χ2n) is 5.72. The van der Waals surface area contributed by atoms with Gasteiger partial charge in [0.25, 0.3) is 0 Å². The summed E-state index contributed by atoms with van der Waals surface area (Å²) >= 11 is 4.14. The maximum absolute atomic E-state index is 13.3. The average Bonchev–Trinajstić information content (AvgIpc) is 2.96. The van der Waals surface area contributed by atoms with Gasteiger partial charge in [0.05, 0.1) is 5.56 Å². The summed E-state index contributed by atoms with van der Waals surface area (Å²) in [5.74, 6) is -0.327. The Labute approximate surface area is 142 Å². The minimum atomic E-state index is -0.421. The molecule has 1 fully saturated rings. The number of ether oxygens (including phenoxy) is 1. The van der Waals surface area contributed by atoms with E-state index in [9.17, 15) is 9.18 Å². The number of H-pyrrole nitrogens is 1. The fourth-order valence-electron chi connectivity index (χ4n) is 3.02. The Hall–Kier alpha value is -2.19. The van der Waals surface area contributed by atoms with E-state index in [-0.39, 0.29) is 17.1 Å². The second-order valence-corrected chi connectivity index (χ2v) is 6.15. The topological polar surface area (TPSA) is 72.3 Å². The number of halogens is 1. The van der Waals surface area contributed by atoms with Gasteiger partial charge in [0.15, 0.2) is 10.8 Å². The van der Waals surface area contributed by atoms with Gasteiger partial charge in [0, 0.05) is 6.61 Å². The maximum Gasteiger partial charge on any atom is 0.350 e. The zero-order valence-electron chi connectivity index (χ0n) is 12.7. The van der Waals surface area contributed by atoms with Crippen LogP contribution in [-0.4, -0.2) is 26.2 Å². The van der Waals surface area contributed by atoms with Crippen molar-refractivity contribution in [1.29, 1.82) is 0 Å². The predicted octanol–water partition coefficient (Wildman–Crippen LogP) is 2.75. The standard InChI is InChI=1S/C16H15FN4O2S/c17-10-6-4-9(5-7-10)12-13(11-3-1-2-8-23-11)20-21-14(12)18-15(24)19-16(21)22/h4-7,11H,1-3,8H2,(H2,18,19,22,24). The van der Waals surface area contributed by atoms with Gasteiger partial charge in [0.2, 0.25) is 0 Å². The summed E-state index contributed by atoms with van der Waals surface area (Å²) in [5.41, 5.74) is 2.04. The predicted molar refractivity (Wildman–Crippen MR) is 88.8 cm³/mol. The summed E-state index contributed by atoms with van der Waals surface area (Å²) in [6.45, 7) is 0.656. The Morgan fingerprint density at radius 3 is 2.79 bits per heavy atom. The third kappa shape index (κ3) is 2.61. The normalized spacial score (nSPS) is 18.2. The van der Waals surface area contributed by atoms with Crippen molar-refractivity contribution in [2.75, 3.05) is 6.61 Å². The highest BCUT2D eigenvalue weighted by Crippen LogP contribution is 2.36. The van der Waals surface area contributed by atoms with Crippen molar-refractivity contribution in [2.24, 2.45) is 0 Å². The molecule has 0 spiro atoms. The van der Waals surface area contributed by atoms with Gasteiger partial charge >= 0.3 is 5.69 Å². The number of fused-ring (bicyclic) bond motifs is 1. The van der Waals surface area contributed by atoms with Gasteiger partial charge in [-0.3, -0.25) is 4.98 Å². The summed E-state index contributed by atoms with van der Waals surface area (Å²) in [6.07, 6.45) is 2.66. The molecule has 1 aliphatic heterocycles. The molecular weight excluding hydrogens is 331 g/mol.